The lowest BCUT2D eigenvalue weighted by Gasteiger charge is -2.09. The number of benzene rings is 2. The Hall–Kier alpha value is -1.91. The number of methoxy groups -OCH3 is 1. The van der Waals surface area contributed by atoms with Gasteiger partial charge in [0, 0.05) is 5.02 Å². The van der Waals surface area contributed by atoms with E-state index in [9.17, 15) is 4.79 Å². The Bertz CT molecular complexity index is 644. The summed E-state index contributed by atoms with van der Waals surface area (Å²) in [6.07, 6.45) is 0. The van der Waals surface area contributed by atoms with Crippen molar-refractivity contribution in [2.24, 2.45) is 0 Å². The first kappa shape index (κ1) is 16.5. The van der Waals surface area contributed by atoms with Crippen LogP contribution >= 0.6 is 23.2 Å². The number of hydrogen-bond donors (Lipinski definition) is 1. The number of amides is 1. The molecule has 1 N–H and O–H groups in total. The van der Waals surface area contributed by atoms with E-state index in [1.807, 2.05) is 0 Å². The van der Waals surface area contributed by atoms with Crippen molar-refractivity contribution in [1.29, 1.82) is 0 Å². The first-order valence-corrected chi connectivity index (χ1v) is 7.36. The standard InChI is InChI=1S/C16H15Cl2NO3/c1-21-12-3-5-13(6-4-12)22-9-8-19-16(20)14-7-2-11(17)10-15(14)18/h2-7,10H,8-9H2,1H3,(H,19,20). The van der Waals surface area contributed by atoms with Crippen molar-refractivity contribution in [2.75, 3.05) is 20.3 Å². The molecule has 0 bridgehead atoms. The predicted molar refractivity (Wildman–Crippen MR) is 87.3 cm³/mol. The molecule has 0 fully saturated rings. The van der Waals surface area contributed by atoms with E-state index >= 15 is 0 Å². The van der Waals surface area contributed by atoms with Gasteiger partial charge in [-0.05, 0) is 42.5 Å². The Morgan fingerprint density at radius 2 is 1.77 bits per heavy atom. The molecule has 4 nitrogen and oxygen atoms in total. The SMILES string of the molecule is COc1ccc(OCCNC(=O)c2ccc(Cl)cc2Cl)cc1. The second-order valence-electron chi connectivity index (χ2n) is 4.40. The lowest BCUT2D eigenvalue weighted by molar-refractivity contribution is 0.0947. The lowest BCUT2D eigenvalue weighted by Crippen LogP contribution is -2.28. The van der Waals surface area contributed by atoms with Gasteiger partial charge in [0.25, 0.3) is 5.91 Å². The smallest absolute Gasteiger partial charge is 0.252 e. The molecule has 1 amide bonds. The predicted octanol–water partition coefficient (Wildman–Crippen LogP) is 3.81. The van der Waals surface area contributed by atoms with E-state index in [2.05, 4.69) is 5.32 Å². The molecule has 2 rings (SSSR count). The number of carbonyl (C=O) groups is 1. The van der Waals surface area contributed by atoms with E-state index in [4.69, 9.17) is 32.7 Å². The molecule has 0 aliphatic carbocycles. The van der Waals surface area contributed by atoms with E-state index in [0.29, 0.717) is 34.5 Å². The van der Waals surface area contributed by atoms with Crippen LogP contribution in [0.4, 0.5) is 0 Å². The maximum Gasteiger partial charge on any atom is 0.252 e. The van der Waals surface area contributed by atoms with E-state index < -0.39 is 0 Å². The molecule has 0 saturated heterocycles. The Morgan fingerprint density at radius 1 is 1.09 bits per heavy atom. The number of nitrogens with one attached hydrogen (secondary N) is 1. The van der Waals surface area contributed by atoms with Crippen LogP contribution in [0.2, 0.25) is 10.0 Å². The van der Waals surface area contributed by atoms with E-state index in [0.717, 1.165) is 5.75 Å². The summed E-state index contributed by atoms with van der Waals surface area (Å²) in [5, 5.41) is 3.55. The molecule has 0 atom stereocenters. The van der Waals surface area contributed by atoms with E-state index in [1.54, 1.807) is 43.5 Å². The number of carbonyl (C=O) groups excluding carboxylic acids is 1. The molecule has 0 unspecified atom stereocenters. The van der Waals surface area contributed by atoms with Crippen LogP contribution in [0, 0.1) is 0 Å². The Balaban J connectivity index is 1.79. The molecule has 22 heavy (non-hydrogen) atoms. The van der Waals surface area contributed by atoms with Gasteiger partial charge in [0.15, 0.2) is 0 Å². The first-order chi connectivity index (χ1) is 10.6. The summed E-state index contributed by atoms with van der Waals surface area (Å²) in [4.78, 5) is 12.0. The quantitative estimate of drug-likeness (QED) is 0.814. The van der Waals surface area contributed by atoms with Gasteiger partial charge in [0.2, 0.25) is 0 Å². The van der Waals surface area contributed by atoms with Crippen LogP contribution in [0.25, 0.3) is 0 Å². The maximum atomic E-state index is 12.0. The van der Waals surface area contributed by atoms with Gasteiger partial charge in [0.1, 0.15) is 18.1 Å². The Labute approximate surface area is 138 Å². The first-order valence-electron chi connectivity index (χ1n) is 6.60. The number of rotatable bonds is 6. The van der Waals surface area contributed by atoms with Crippen molar-refractivity contribution in [2.45, 2.75) is 0 Å². The zero-order chi connectivity index (χ0) is 15.9. The summed E-state index contributed by atoms with van der Waals surface area (Å²) < 4.78 is 10.6. The average molecular weight is 340 g/mol. The lowest BCUT2D eigenvalue weighted by atomic mass is 10.2. The average Bonchev–Trinajstić information content (AvgIpc) is 2.52. The highest BCUT2D eigenvalue weighted by Gasteiger charge is 2.09. The molecule has 116 valence electrons. The summed E-state index contributed by atoms with van der Waals surface area (Å²) in [6.45, 7) is 0.715. The number of hydrogen-bond acceptors (Lipinski definition) is 3. The largest absolute Gasteiger partial charge is 0.497 e. The summed E-state index contributed by atoms with van der Waals surface area (Å²) >= 11 is 11.8. The molecule has 6 heteroatoms. The van der Waals surface area contributed by atoms with Crippen LogP contribution in [0.1, 0.15) is 10.4 Å². The minimum Gasteiger partial charge on any atom is -0.497 e. The fourth-order valence-corrected chi connectivity index (χ4v) is 2.27. The van der Waals surface area contributed by atoms with Crippen LogP contribution in [-0.4, -0.2) is 26.2 Å². The summed E-state index contributed by atoms with van der Waals surface area (Å²) in [5.41, 5.74) is 0.385. The van der Waals surface area contributed by atoms with Gasteiger partial charge in [-0.15, -0.1) is 0 Å². The van der Waals surface area contributed by atoms with Gasteiger partial charge in [-0.1, -0.05) is 23.2 Å². The second-order valence-corrected chi connectivity index (χ2v) is 5.25. The number of halogens is 2. The van der Waals surface area contributed by atoms with Gasteiger partial charge < -0.3 is 14.8 Å². The Kier molecular flexibility index (Phi) is 5.92. The van der Waals surface area contributed by atoms with Gasteiger partial charge in [-0.3, -0.25) is 4.79 Å². The highest BCUT2D eigenvalue weighted by Crippen LogP contribution is 2.20. The summed E-state index contributed by atoms with van der Waals surface area (Å²) in [5.74, 6) is 1.21. The molecule has 0 aliphatic heterocycles. The fourth-order valence-electron chi connectivity index (χ4n) is 1.77. The van der Waals surface area contributed by atoms with E-state index in [-0.39, 0.29) is 5.91 Å². The van der Waals surface area contributed by atoms with Crippen LogP contribution in [-0.2, 0) is 0 Å². The Morgan fingerprint density at radius 3 is 2.41 bits per heavy atom. The molecule has 0 aliphatic rings. The third-order valence-corrected chi connectivity index (χ3v) is 3.44. The molecule has 0 spiro atoms. The monoisotopic (exact) mass is 339 g/mol. The van der Waals surface area contributed by atoms with Crippen molar-refractivity contribution < 1.29 is 14.3 Å². The van der Waals surface area contributed by atoms with Gasteiger partial charge in [-0.2, -0.15) is 0 Å². The molecule has 2 aromatic rings. The summed E-state index contributed by atoms with van der Waals surface area (Å²) in [6, 6.07) is 12.0. The van der Waals surface area contributed by atoms with Crippen LogP contribution in [0.5, 0.6) is 11.5 Å². The molecular weight excluding hydrogens is 325 g/mol. The molecule has 0 aromatic heterocycles. The zero-order valence-corrected chi connectivity index (χ0v) is 13.4. The topological polar surface area (TPSA) is 47.6 Å². The van der Waals surface area contributed by atoms with Crippen LogP contribution in [0.15, 0.2) is 42.5 Å². The minimum atomic E-state index is -0.264. The van der Waals surface area contributed by atoms with Crippen molar-refractivity contribution in [3.8, 4) is 11.5 Å². The van der Waals surface area contributed by atoms with Gasteiger partial charge in [0.05, 0.1) is 24.2 Å². The molecule has 0 radical (unpaired) electrons. The fraction of sp³-hybridized carbons (Fsp3) is 0.188. The molecule has 2 aromatic carbocycles. The van der Waals surface area contributed by atoms with E-state index in [1.165, 1.54) is 6.07 Å². The number of ether oxygens (including phenoxy) is 2. The third kappa shape index (κ3) is 4.55. The van der Waals surface area contributed by atoms with Crippen molar-refractivity contribution >= 4 is 29.1 Å². The van der Waals surface area contributed by atoms with Crippen LogP contribution < -0.4 is 14.8 Å². The van der Waals surface area contributed by atoms with Crippen molar-refractivity contribution in [3.05, 3.63) is 58.1 Å². The van der Waals surface area contributed by atoms with Crippen LogP contribution in [0.3, 0.4) is 0 Å². The highest BCUT2D eigenvalue weighted by molar-refractivity contribution is 6.36. The molecular formula is C16H15Cl2NO3. The van der Waals surface area contributed by atoms with Gasteiger partial charge in [-0.25, -0.2) is 0 Å². The second kappa shape index (κ2) is 7.92. The molecule has 0 heterocycles. The van der Waals surface area contributed by atoms with Crippen molar-refractivity contribution in [3.63, 3.8) is 0 Å². The van der Waals surface area contributed by atoms with Crippen molar-refractivity contribution in [1.82, 2.24) is 5.32 Å². The van der Waals surface area contributed by atoms with Gasteiger partial charge >= 0.3 is 0 Å². The maximum absolute atomic E-state index is 12.0. The normalized spacial score (nSPS) is 10.1. The third-order valence-electron chi connectivity index (χ3n) is 2.89. The minimum absolute atomic E-state index is 0.264. The zero-order valence-electron chi connectivity index (χ0n) is 11.9. The summed E-state index contributed by atoms with van der Waals surface area (Å²) in [7, 11) is 1.60. The highest BCUT2D eigenvalue weighted by atomic mass is 35.5. The molecule has 0 saturated carbocycles.